The summed E-state index contributed by atoms with van der Waals surface area (Å²) in [6.07, 6.45) is 0. The lowest BCUT2D eigenvalue weighted by Crippen LogP contribution is -2.24. The van der Waals surface area contributed by atoms with Crippen molar-refractivity contribution < 1.29 is 9.59 Å². The van der Waals surface area contributed by atoms with Crippen LogP contribution in [0.25, 0.3) is 10.9 Å². The lowest BCUT2D eigenvalue weighted by molar-refractivity contribution is 0.0948. The Balaban J connectivity index is 1.68. The molecule has 0 aliphatic carbocycles. The Morgan fingerprint density at radius 1 is 0.966 bits per heavy atom. The van der Waals surface area contributed by atoms with E-state index < -0.39 is 0 Å². The summed E-state index contributed by atoms with van der Waals surface area (Å²) in [5.41, 5.74) is 4.25. The first kappa shape index (κ1) is 19.0. The summed E-state index contributed by atoms with van der Waals surface area (Å²) in [6.45, 7) is 4.36. The van der Waals surface area contributed by atoms with E-state index in [4.69, 9.17) is 0 Å². The molecule has 2 aromatic heterocycles. The number of hydrogen-bond acceptors (Lipinski definition) is 3. The van der Waals surface area contributed by atoms with Crippen LogP contribution in [0, 0.1) is 13.8 Å². The summed E-state index contributed by atoms with van der Waals surface area (Å²) in [4.78, 5) is 30.0. The molecule has 6 heteroatoms. The molecule has 2 aromatic carbocycles. The number of hydrogen-bond donors (Lipinski definition) is 3. The van der Waals surface area contributed by atoms with Gasteiger partial charge < -0.3 is 15.6 Å². The fourth-order valence-corrected chi connectivity index (χ4v) is 3.89. The van der Waals surface area contributed by atoms with Gasteiger partial charge in [-0.1, -0.05) is 35.4 Å². The average molecular weight is 404 g/mol. The van der Waals surface area contributed by atoms with Crippen LogP contribution in [0.3, 0.4) is 0 Å². The van der Waals surface area contributed by atoms with E-state index in [0.717, 1.165) is 26.9 Å². The van der Waals surface area contributed by atoms with Gasteiger partial charge in [-0.2, -0.15) is 0 Å². The number of aromatic nitrogens is 1. The second-order valence-electron chi connectivity index (χ2n) is 7.01. The van der Waals surface area contributed by atoms with Crippen molar-refractivity contribution in [2.24, 2.45) is 0 Å². The minimum absolute atomic E-state index is 0.247. The van der Waals surface area contributed by atoms with E-state index >= 15 is 0 Å². The van der Waals surface area contributed by atoms with Crippen molar-refractivity contribution in [2.75, 3.05) is 5.32 Å². The van der Waals surface area contributed by atoms with Crippen LogP contribution < -0.4 is 10.6 Å². The third kappa shape index (κ3) is 4.07. The smallest absolute Gasteiger partial charge is 0.270 e. The van der Waals surface area contributed by atoms with Crippen LogP contribution in [0.5, 0.6) is 0 Å². The zero-order chi connectivity index (χ0) is 20.4. The van der Waals surface area contributed by atoms with Gasteiger partial charge in [0.25, 0.3) is 11.8 Å². The van der Waals surface area contributed by atoms with Crippen LogP contribution in [-0.4, -0.2) is 16.8 Å². The van der Waals surface area contributed by atoms with Crippen LogP contribution in [-0.2, 0) is 6.54 Å². The molecule has 0 aliphatic heterocycles. The van der Waals surface area contributed by atoms with Gasteiger partial charge in [0.2, 0.25) is 0 Å². The highest BCUT2D eigenvalue weighted by Crippen LogP contribution is 2.29. The number of anilines is 1. The first-order valence-electron chi connectivity index (χ1n) is 9.32. The number of fused-ring (bicyclic) bond motifs is 1. The molecule has 0 fully saturated rings. The van der Waals surface area contributed by atoms with Crippen molar-refractivity contribution in [3.05, 3.63) is 87.2 Å². The number of thiophene rings is 1. The topological polar surface area (TPSA) is 74.0 Å². The van der Waals surface area contributed by atoms with E-state index in [2.05, 4.69) is 15.6 Å². The maximum Gasteiger partial charge on any atom is 0.270 e. The zero-order valence-electron chi connectivity index (χ0n) is 16.2. The molecule has 2 heterocycles. The molecule has 0 bridgehead atoms. The predicted octanol–water partition coefficient (Wildman–Crippen LogP) is 5.03. The van der Waals surface area contributed by atoms with Crippen LogP contribution in [0.4, 0.5) is 5.69 Å². The Morgan fingerprint density at radius 2 is 1.79 bits per heavy atom. The van der Waals surface area contributed by atoms with E-state index in [1.54, 1.807) is 17.4 Å². The summed E-state index contributed by atoms with van der Waals surface area (Å²) in [5, 5.41) is 8.66. The summed E-state index contributed by atoms with van der Waals surface area (Å²) in [6, 6.07) is 17.2. The van der Waals surface area contributed by atoms with E-state index in [1.165, 1.54) is 0 Å². The van der Waals surface area contributed by atoms with E-state index in [-0.39, 0.29) is 11.8 Å². The molecule has 0 saturated carbocycles. The Labute approximate surface area is 172 Å². The molecule has 2 amide bonds. The summed E-state index contributed by atoms with van der Waals surface area (Å²) in [5.74, 6) is -0.504. The largest absolute Gasteiger partial charge is 0.349 e. The molecular formula is C23H21N3O2S. The van der Waals surface area contributed by atoms with Gasteiger partial charge in [-0.3, -0.25) is 9.59 Å². The van der Waals surface area contributed by atoms with Gasteiger partial charge in [0.1, 0.15) is 5.69 Å². The molecule has 4 aromatic rings. The monoisotopic (exact) mass is 403 g/mol. The highest BCUT2D eigenvalue weighted by molar-refractivity contribution is 7.09. The molecule has 0 radical (unpaired) electrons. The lowest BCUT2D eigenvalue weighted by atomic mass is 10.1. The van der Waals surface area contributed by atoms with Crippen molar-refractivity contribution in [1.82, 2.24) is 10.3 Å². The molecule has 0 atom stereocenters. The van der Waals surface area contributed by atoms with Crippen molar-refractivity contribution in [3.8, 4) is 0 Å². The number of H-pyrrole nitrogens is 1. The minimum Gasteiger partial charge on any atom is -0.349 e. The van der Waals surface area contributed by atoms with Crippen molar-refractivity contribution in [2.45, 2.75) is 20.4 Å². The van der Waals surface area contributed by atoms with Crippen LogP contribution in [0.1, 0.15) is 36.9 Å². The molecule has 4 rings (SSSR count). The number of benzene rings is 2. The quantitative estimate of drug-likeness (QED) is 0.437. The third-order valence-corrected chi connectivity index (χ3v) is 5.58. The third-order valence-electron chi connectivity index (χ3n) is 4.70. The number of aromatic amines is 1. The van der Waals surface area contributed by atoms with Crippen molar-refractivity contribution in [3.63, 3.8) is 0 Å². The zero-order valence-corrected chi connectivity index (χ0v) is 17.0. The van der Waals surface area contributed by atoms with E-state index in [1.807, 2.05) is 67.8 Å². The molecule has 0 spiro atoms. The molecule has 0 unspecified atom stereocenters. The Morgan fingerprint density at radius 3 is 2.55 bits per heavy atom. The minimum atomic E-state index is -0.258. The number of rotatable bonds is 5. The first-order chi connectivity index (χ1) is 14.0. The first-order valence-corrected chi connectivity index (χ1v) is 10.2. The van der Waals surface area contributed by atoms with Gasteiger partial charge in [0.15, 0.2) is 0 Å². The molecule has 29 heavy (non-hydrogen) atoms. The number of carbonyl (C=O) groups is 2. The maximum atomic E-state index is 12.9. The van der Waals surface area contributed by atoms with E-state index in [0.29, 0.717) is 23.5 Å². The lowest BCUT2D eigenvalue weighted by Gasteiger charge is -2.09. The molecule has 3 N–H and O–H groups in total. The van der Waals surface area contributed by atoms with Crippen LogP contribution in [0.15, 0.2) is 60.0 Å². The molecular weight excluding hydrogens is 382 g/mol. The van der Waals surface area contributed by atoms with Crippen LogP contribution >= 0.6 is 11.3 Å². The number of carbonyl (C=O) groups excluding carboxylic acids is 2. The number of aryl methyl sites for hydroxylation is 2. The second kappa shape index (κ2) is 7.93. The fraction of sp³-hybridized carbons (Fsp3) is 0.130. The Hall–Kier alpha value is -3.38. The van der Waals surface area contributed by atoms with Crippen LogP contribution in [0.2, 0.25) is 0 Å². The fourth-order valence-electron chi connectivity index (χ4n) is 3.25. The van der Waals surface area contributed by atoms with Crippen molar-refractivity contribution >= 4 is 39.7 Å². The molecule has 146 valence electrons. The standard InChI is InChI=1S/C23H21N3O2S/c1-14-5-3-6-16(11-14)22(27)26-20-18-12-15(2)8-9-19(18)25-21(20)23(28)24-13-17-7-4-10-29-17/h3-12,25H,13H2,1-2H3,(H,24,28)(H,26,27). The number of nitrogens with one attached hydrogen (secondary N) is 3. The average Bonchev–Trinajstić information content (AvgIpc) is 3.34. The SMILES string of the molecule is Cc1cccc(C(=O)Nc2c(C(=O)NCc3cccs3)[nH]c3ccc(C)cc23)c1. The predicted molar refractivity (Wildman–Crippen MR) is 118 cm³/mol. The van der Waals surface area contributed by atoms with Gasteiger partial charge >= 0.3 is 0 Å². The summed E-state index contributed by atoms with van der Waals surface area (Å²) in [7, 11) is 0. The highest BCUT2D eigenvalue weighted by atomic mass is 32.1. The van der Waals surface area contributed by atoms with Gasteiger partial charge in [-0.15, -0.1) is 11.3 Å². The van der Waals surface area contributed by atoms with Gasteiger partial charge in [0, 0.05) is 21.3 Å². The van der Waals surface area contributed by atoms with Gasteiger partial charge in [-0.25, -0.2) is 0 Å². The highest BCUT2D eigenvalue weighted by Gasteiger charge is 2.20. The van der Waals surface area contributed by atoms with E-state index in [9.17, 15) is 9.59 Å². The van der Waals surface area contributed by atoms with Gasteiger partial charge in [0.05, 0.1) is 12.2 Å². The molecule has 0 aliphatic rings. The summed E-state index contributed by atoms with van der Waals surface area (Å²) < 4.78 is 0. The normalized spacial score (nSPS) is 10.8. The van der Waals surface area contributed by atoms with Crippen molar-refractivity contribution in [1.29, 1.82) is 0 Å². The van der Waals surface area contributed by atoms with Gasteiger partial charge in [-0.05, 0) is 49.6 Å². The second-order valence-corrected chi connectivity index (χ2v) is 8.04. The maximum absolute atomic E-state index is 12.9. The molecule has 0 saturated heterocycles. The summed E-state index contributed by atoms with van der Waals surface area (Å²) >= 11 is 1.59. The Kier molecular flexibility index (Phi) is 5.18. The molecule has 5 nitrogen and oxygen atoms in total. The Bertz CT molecular complexity index is 1190. The number of amides is 2.